The highest BCUT2D eigenvalue weighted by Crippen LogP contribution is 2.41. The molecule has 0 saturated carbocycles. The normalized spacial score (nSPS) is 15.3. The number of nitriles is 1. The van der Waals surface area contributed by atoms with Crippen LogP contribution < -0.4 is 10.0 Å². The zero-order chi connectivity index (χ0) is 25.3. The number of thioether (sulfide) groups is 1. The summed E-state index contributed by atoms with van der Waals surface area (Å²) in [7, 11) is -4.23. The molecule has 12 heteroatoms. The van der Waals surface area contributed by atoms with E-state index in [0.717, 1.165) is 17.8 Å². The van der Waals surface area contributed by atoms with Gasteiger partial charge in [0.15, 0.2) is 0 Å². The summed E-state index contributed by atoms with van der Waals surface area (Å²) < 4.78 is 28.3. The van der Waals surface area contributed by atoms with Crippen molar-refractivity contribution in [2.75, 3.05) is 5.32 Å². The van der Waals surface area contributed by atoms with Crippen molar-refractivity contribution in [3.05, 3.63) is 97.5 Å². The van der Waals surface area contributed by atoms with Gasteiger partial charge in [-0.25, -0.2) is 8.42 Å². The highest BCUT2D eigenvalue weighted by atomic mass is 35.5. The Bertz CT molecular complexity index is 1550. The average molecular weight is 565 g/mol. The van der Waals surface area contributed by atoms with Gasteiger partial charge in [-0.15, -0.1) is 0 Å². The molecule has 0 bridgehead atoms. The number of allylic oxidation sites excluding steroid dienone is 1. The maximum absolute atomic E-state index is 13.0. The fourth-order valence-electron chi connectivity index (χ4n) is 3.09. The summed E-state index contributed by atoms with van der Waals surface area (Å²) in [6, 6.07) is 16.4. The number of fused-ring (bicyclic) bond motifs is 1. The number of nitrogens with zero attached hydrogens (tertiary/aromatic N) is 1. The van der Waals surface area contributed by atoms with Crippen molar-refractivity contribution < 1.29 is 18.0 Å². The molecule has 0 unspecified atom stereocenters. The lowest BCUT2D eigenvalue weighted by molar-refractivity contribution is 0.102. The van der Waals surface area contributed by atoms with Crippen LogP contribution in [0.4, 0.5) is 5.69 Å². The number of amides is 1. The van der Waals surface area contributed by atoms with Gasteiger partial charge >= 0.3 is 0 Å². The average Bonchev–Trinajstić information content (AvgIpc) is 2.80. The van der Waals surface area contributed by atoms with Gasteiger partial charge in [0.1, 0.15) is 21.6 Å². The molecule has 1 aliphatic rings. The van der Waals surface area contributed by atoms with Crippen LogP contribution in [0.15, 0.2) is 81.1 Å². The van der Waals surface area contributed by atoms with E-state index in [1.54, 1.807) is 30.3 Å². The molecule has 3 aromatic carbocycles. The zero-order valence-corrected chi connectivity index (χ0v) is 21.2. The van der Waals surface area contributed by atoms with Crippen LogP contribution in [-0.4, -0.2) is 20.1 Å². The number of carbonyl (C=O) groups is 2. The van der Waals surface area contributed by atoms with Crippen molar-refractivity contribution in [2.24, 2.45) is 0 Å². The second-order valence-corrected chi connectivity index (χ2v) is 11.1. The lowest BCUT2D eigenvalue weighted by atomic mass is 10.1. The van der Waals surface area contributed by atoms with Crippen molar-refractivity contribution in [1.29, 1.82) is 5.26 Å². The Morgan fingerprint density at radius 3 is 2.14 bits per heavy atom. The van der Waals surface area contributed by atoms with Gasteiger partial charge in [-0.1, -0.05) is 46.6 Å². The number of anilines is 1. The summed E-state index contributed by atoms with van der Waals surface area (Å²) in [5, 5.41) is 12.9. The predicted octanol–water partition coefficient (Wildman–Crippen LogP) is 5.90. The molecule has 7 nitrogen and oxygen atoms in total. The van der Waals surface area contributed by atoms with Crippen LogP contribution in [0.2, 0.25) is 15.1 Å². The number of ketones is 1. The Hall–Kier alpha value is -3.00. The van der Waals surface area contributed by atoms with E-state index in [1.165, 1.54) is 30.3 Å². The minimum Gasteiger partial charge on any atom is -0.322 e. The third-order valence-electron chi connectivity index (χ3n) is 4.78. The number of Topliss-reactive ketones (excluding diaryl/α,β-unsaturated/α-hetero) is 1. The first-order valence-electron chi connectivity index (χ1n) is 9.65. The minimum absolute atomic E-state index is 0.0123. The summed E-state index contributed by atoms with van der Waals surface area (Å²) in [4.78, 5) is 25.5. The zero-order valence-electron chi connectivity index (χ0n) is 17.3. The topological polar surface area (TPSA) is 116 Å². The second-order valence-electron chi connectivity index (χ2n) is 7.10. The lowest BCUT2D eigenvalue weighted by Crippen LogP contribution is -2.29. The van der Waals surface area contributed by atoms with Crippen molar-refractivity contribution >= 4 is 74.0 Å². The number of rotatable bonds is 4. The molecule has 176 valence electrons. The fraction of sp³-hybridized carbons (Fsp3) is 0. The summed E-state index contributed by atoms with van der Waals surface area (Å²) >= 11 is 18.8. The molecule has 35 heavy (non-hydrogen) atoms. The SMILES string of the molecule is N#CC(C(=O)c1ccc(Cl)cc1)=C1NS(=O)(=O)c2cc(C(=O)Nc3ccc(Cl)cc3)c(Cl)cc2S1. The molecule has 0 aromatic heterocycles. The van der Waals surface area contributed by atoms with Crippen LogP contribution in [0.3, 0.4) is 0 Å². The van der Waals surface area contributed by atoms with E-state index >= 15 is 0 Å². The second kappa shape index (κ2) is 9.93. The fourth-order valence-corrected chi connectivity index (χ4v) is 6.46. The third-order valence-corrected chi connectivity index (χ3v) is 8.31. The van der Waals surface area contributed by atoms with E-state index in [0.29, 0.717) is 15.7 Å². The van der Waals surface area contributed by atoms with Crippen molar-refractivity contribution in [1.82, 2.24) is 4.72 Å². The highest BCUT2D eigenvalue weighted by molar-refractivity contribution is 8.05. The molecule has 0 spiro atoms. The van der Waals surface area contributed by atoms with Gasteiger partial charge in [-0.05, 0) is 60.7 Å². The Morgan fingerprint density at radius 2 is 1.54 bits per heavy atom. The van der Waals surface area contributed by atoms with E-state index in [4.69, 9.17) is 34.8 Å². The third kappa shape index (κ3) is 5.32. The number of carbonyl (C=O) groups excluding carboxylic acids is 2. The van der Waals surface area contributed by atoms with E-state index in [1.807, 2.05) is 0 Å². The van der Waals surface area contributed by atoms with E-state index < -0.39 is 27.3 Å². The molecule has 0 radical (unpaired) electrons. The highest BCUT2D eigenvalue weighted by Gasteiger charge is 2.32. The molecule has 1 amide bonds. The number of halogens is 3. The quantitative estimate of drug-likeness (QED) is 0.231. The van der Waals surface area contributed by atoms with Crippen LogP contribution in [0, 0.1) is 11.3 Å². The largest absolute Gasteiger partial charge is 0.322 e. The van der Waals surface area contributed by atoms with Crippen molar-refractivity contribution in [2.45, 2.75) is 9.79 Å². The molecule has 1 aliphatic heterocycles. The van der Waals surface area contributed by atoms with Crippen LogP contribution in [0.1, 0.15) is 20.7 Å². The van der Waals surface area contributed by atoms with Crippen LogP contribution in [0.5, 0.6) is 0 Å². The van der Waals surface area contributed by atoms with E-state index in [-0.39, 0.29) is 31.0 Å². The number of hydrogen-bond donors (Lipinski definition) is 2. The Balaban J connectivity index is 1.70. The van der Waals surface area contributed by atoms with Gasteiger partial charge < -0.3 is 5.32 Å². The summed E-state index contributed by atoms with van der Waals surface area (Å²) in [5.41, 5.74) is 0.133. The first-order valence-corrected chi connectivity index (χ1v) is 13.1. The summed E-state index contributed by atoms with van der Waals surface area (Å²) in [6.07, 6.45) is 0. The predicted molar refractivity (Wildman–Crippen MR) is 135 cm³/mol. The monoisotopic (exact) mass is 563 g/mol. The Morgan fingerprint density at radius 1 is 0.943 bits per heavy atom. The lowest BCUT2D eigenvalue weighted by Gasteiger charge is -2.22. The molecule has 0 saturated heterocycles. The molecule has 4 rings (SSSR count). The van der Waals surface area contributed by atoms with Crippen LogP contribution in [-0.2, 0) is 10.0 Å². The van der Waals surface area contributed by atoms with E-state index in [2.05, 4.69) is 10.0 Å². The van der Waals surface area contributed by atoms with Crippen LogP contribution >= 0.6 is 46.6 Å². The standard InChI is InChI=1S/C23H12Cl3N3O4S2/c24-13-3-1-12(2-4-13)21(30)17(11-27)23-29-35(32,33)20-9-16(18(26)10-19(20)34-23)22(31)28-15-7-5-14(25)6-8-15/h1-10,29H,(H,28,31). The number of nitrogens with one attached hydrogen (secondary N) is 2. The first-order chi connectivity index (χ1) is 16.6. The van der Waals surface area contributed by atoms with Gasteiger partial charge in [0.2, 0.25) is 5.78 Å². The maximum Gasteiger partial charge on any atom is 0.263 e. The molecular weight excluding hydrogens is 553 g/mol. The summed E-state index contributed by atoms with van der Waals surface area (Å²) in [6.45, 7) is 0. The first kappa shape index (κ1) is 25.1. The van der Waals surface area contributed by atoms with Gasteiger partial charge in [-0.2, -0.15) is 5.26 Å². The van der Waals surface area contributed by atoms with Crippen molar-refractivity contribution in [3.8, 4) is 6.07 Å². The van der Waals surface area contributed by atoms with Gasteiger partial charge in [0, 0.05) is 26.2 Å². The molecule has 0 fully saturated rings. The molecular formula is C23H12Cl3N3O4S2. The number of benzene rings is 3. The van der Waals surface area contributed by atoms with Crippen LogP contribution in [0.25, 0.3) is 0 Å². The number of sulfonamides is 1. The van der Waals surface area contributed by atoms with Gasteiger partial charge in [0.25, 0.3) is 15.9 Å². The maximum atomic E-state index is 13.0. The smallest absolute Gasteiger partial charge is 0.263 e. The molecule has 2 N–H and O–H groups in total. The molecule has 1 heterocycles. The Kier molecular flexibility index (Phi) is 7.12. The molecule has 0 aliphatic carbocycles. The van der Waals surface area contributed by atoms with E-state index in [9.17, 15) is 23.3 Å². The van der Waals surface area contributed by atoms with Gasteiger partial charge in [0.05, 0.1) is 10.6 Å². The van der Waals surface area contributed by atoms with Gasteiger partial charge in [-0.3, -0.25) is 14.3 Å². The molecule has 3 aromatic rings. The minimum atomic E-state index is -4.23. The molecule has 0 atom stereocenters. The number of hydrogen-bond acceptors (Lipinski definition) is 6. The summed E-state index contributed by atoms with van der Waals surface area (Å²) in [5.74, 6) is -1.31. The van der Waals surface area contributed by atoms with Crippen molar-refractivity contribution in [3.63, 3.8) is 0 Å². The Labute approximate surface area is 219 Å².